The molecule has 5 nitrogen and oxygen atoms in total. The third kappa shape index (κ3) is 3.81. The molecule has 1 aromatic heterocycles. The first-order chi connectivity index (χ1) is 12.5. The van der Waals surface area contributed by atoms with Crippen LogP contribution in [-0.2, 0) is 11.2 Å². The molecule has 2 aromatic carbocycles. The van der Waals surface area contributed by atoms with E-state index >= 15 is 0 Å². The van der Waals surface area contributed by atoms with Gasteiger partial charge in [0, 0.05) is 16.5 Å². The minimum Gasteiger partial charge on any atom is -0.497 e. The number of thiophene rings is 1. The molecule has 134 valence electrons. The van der Waals surface area contributed by atoms with Crippen LogP contribution < -0.4 is 10.1 Å². The van der Waals surface area contributed by atoms with Crippen LogP contribution >= 0.6 is 22.9 Å². The maximum absolute atomic E-state index is 12.6. The van der Waals surface area contributed by atoms with Crippen LogP contribution in [0.3, 0.4) is 0 Å². The molecule has 2 N–H and O–H groups in total. The van der Waals surface area contributed by atoms with Gasteiger partial charge in [0.25, 0.3) is 5.91 Å². The summed E-state index contributed by atoms with van der Waals surface area (Å²) in [6.45, 7) is 0. The molecule has 3 rings (SSSR count). The largest absolute Gasteiger partial charge is 0.497 e. The number of carboxylic acids is 1. The molecule has 7 heteroatoms. The van der Waals surface area contributed by atoms with Gasteiger partial charge in [0.2, 0.25) is 0 Å². The summed E-state index contributed by atoms with van der Waals surface area (Å²) in [6.07, 6.45) is 0.193. The Morgan fingerprint density at radius 3 is 2.62 bits per heavy atom. The molecule has 0 fully saturated rings. The highest BCUT2D eigenvalue weighted by atomic mass is 35.5. The van der Waals surface area contributed by atoms with Crippen molar-refractivity contribution in [2.24, 2.45) is 0 Å². The fourth-order valence-corrected chi connectivity index (χ4v) is 4.04. The highest BCUT2D eigenvalue weighted by Crippen LogP contribution is 2.37. The van der Waals surface area contributed by atoms with Gasteiger partial charge in [-0.25, -0.2) is 4.79 Å². The molecular weight excluding hydrogens is 374 g/mol. The minimum absolute atomic E-state index is 0.193. The number of benzene rings is 2. The van der Waals surface area contributed by atoms with E-state index in [0.29, 0.717) is 10.8 Å². The Labute approximate surface area is 159 Å². The zero-order valence-corrected chi connectivity index (χ0v) is 15.4. The second kappa shape index (κ2) is 7.76. The van der Waals surface area contributed by atoms with Gasteiger partial charge in [0.05, 0.1) is 12.1 Å². The lowest BCUT2D eigenvalue weighted by atomic mass is 10.1. The van der Waals surface area contributed by atoms with E-state index in [1.54, 1.807) is 25.3 Å². The van der Waals surface area contributed by atoms with E-state index in [0.717, 1.165) is 15.6 Å². The number of halogens is 1. The summed E-state index contributed by atoms with van der Waals surface area (Å²) in [4.78, 5) is 24.5. The summed E-state index contributed by atoms with van der Waals surface area (Å²) in [7, 11) is 1.56. The standard InChI is InChI=1S/C19H16ClNO4S/c1-25-12-7-8-13-15(10-12)26-17(16(13)20)18(22)21-14(19(23)24)9-11-5-3-2-4-6-11/h2-8,10,14H,9H2,1H3,(H,21,22)(H,23,24)/t14-/m1/s1. The molecule has 1 atom stereocenters. The number of carbonyl (C=O) groups is 2. The van der Waals surface area contributed by atoms with Crippen molar-refractivity contribution >= 4 is 44.9 Å². The number of amides is 1. The highest BCUT2D eigenvalue weighted by Gasteiger charge is 2.24. The molecule has 0 bridgehead atoms. The lowest BCUT2D eigenvalue weighted by Gasteiger charge is -2.14. The number of aliphatic carboxylic acids is 1. The number of methoxy groups -OCH3 is 1. The van der Waals surface area contributed by atoms with Gasteiger partial charge >= 0.3 is 5.97 Å². The first kappa shape index (κ1) is 18.2. The topological polar surface area (TPSA) is 75.6 Å². The molecule has 0 radical (unpaired) electrons. The van der Waals surface area contributed by atoms with Crippen molar-refractivity contribution in [2.45, 2.75) is 12.5 Å². The van der Waals surface area contributed by atoms with Gasteiger partial charge in [-0.2, -0.15) is 0 Å². The molecule has 0 aliphatic carbocycles. The van der Waals surface area contributed by atoms with Crippen LogP contribution in [0.1, 0.15) is 15.2 Å². The molecule has 1 amide bonds. The molecule has 0 saturated heterocycles. The van der Waals surface area contributed by atoms with Crippen molar-refractivity contribution in [3.05, 3.63) is 64.0 Å². The van der Waals surface area contributed by atoms with Gasteiger partial charge in [0.15, 0.2) is 0 Å². The number of hydrogen-bond donors (Lipinski definition) is 2. The van der Waals surface area contributed by atoms with Gasteiger partial charge in [-0.05, 0) is 23.8 Å². The predicted octanol–water partition coefficient (Wildman–Crippen LogP) is 3.99. The van der Waals surface area contributed by atoms with Crippen molar-refractivity contribution in [2.75, 3.05) is 7.11 Å². The van der Waals surface area contributed by atoms with E-state index in [1.807, 2.05) is 30.3 Å². The van der Waals surface area contributed by atoms with Crippen LogP contribution in [0.5, 0.6) is 5.75 Å². The second-order valence-corrected chi connectivity index (χ2v) is 7.09. The lowest BCUT2D eigenvalue weighted by molar-refractivity contribution is -0.139. The molecule has 0 aliphatic rings. The maximum atomic E-state index is 12.6. The molecular formula is C19H16ClNO4S. The Hall–Kier alpha value is -2.57. The van der Waals surface area contributed by atoms with E-state index in [1.165, 1.54) is 11.3 Å². The minimum atomic E-state index is -1.10. The first-order valence-electron chi connectivity index (χ1n) is 7.83. The van der Waals surface area contributed by atoms with Crippen LogP contribution in [0.25, 0.3) is 10.1 Å². The van der Waals surface area contributed by atoms with Crippen LogP contribution in [0.4, 0.5) is 0 Å². The number of rotatable bonds is 6. The monoisotopic (exact) mass is 389 g/mol. The number of ether oxygens (including phenoxy) is 1. The molecule has 0 unspecified atom stereocenters. The molecule has 0 spiro atoms. The van der Waals surface area contributed by atoms with Gasteiger partial charge in [-0.3, -0.25) is 4.79 Å². The van der Waals surface area contributed by atoms with Crippen LogP contribution in [0, 0.1) is 0 Å². The smallest absolute Gasteiger partial charge is 0.326 e. The normalized spacial score (nSPS) is 11.9. The van der Waals surface area contributed by atoms with Crippen molar-refractivity contribution in [1.82, 2.24) is 5.32 Å². The summed E-state index contributed by atoms with van der Waals surface area (Å²) in [5, 5.41) is 13.1. The third-order valence-electron chi connectivity index (χ3n) is 3.93. The molecule has 0 saturated carbocycles. The zero-order chi connectivity index (χ0) is 18.7. The lowest BCUT2D eigenvalue weighted by Crippen LogP contribution is -2.42. The van der Waals surface area contributed by atoms with E-state index in [4.69, 9.17) is 16.3 Å². The van der Waals surface area contributed by atoms with Crippen LogP contribution in [-0.4, -0.2) is 30.1 Å². The molecule has 0 aliphatic heterocycles. The maximum Gasteiger partial charge on any atom is 0.326 e. The fraction of sp³-hybridized carbons (Fsp3) is 0.158. The third-order valence-corrected chi connectivity index (χ3v) is 5.58. The summed E-state index contributed by atoms with van der Waals surface area (Å²) in [6, 6.07) is 13.4. The molecule has 26 heavy (non-hydrogen) atoms. The number of carbonyl (C=O) groups excluding carboxylic acids is 1. The molecule has 3 aromatic rings. The Morgan fingerprint density at radius 2 is 1.96 bits per heavy atom. The first-order valence-corrected chi connectivity index (χ1v) is 9.02. The van der Waals surface area contributed by atoms with Gasteiger partial charge in [0.1, 0.15) is 16.7 Å². The Morgan fingerprint density at radius 1 is 1.23 bits per heavy atom. The summed E-state index contributed by atoms with van der Waals surface area (Å²) in [5.41, 5.74) is 0.826. The molecule has 1 heterocycles. The summed E-state index contributed by atoms with van der Waals surface area (Å²) < 4.78 is 5.98. The van der Waals surface area contributed by atoms with Crippen LogP contribution in [0.2, 0.25) is 5.02 Å². The SMILES string of the molecule is COc1ccc2c(Cl)c(C(=O)N[C@H](Cc3ccccc3)C(=O)O)sc2c1. The van der Waals surface area contributed by atoms with E-state index in [-0.39, 0.29) is 11.3 Å². The quantitative estimate of drug-likeness (QED) is 0.668. The van der Waals surface area contributed by atoms with E-state index in [2.05, 4.69) is 5.32 Å². The zero-order valence-electron chi connectivity index (χ0n) is 13.9. The van der Waals surface area contributed by atoms with Crippen LogP contribution in [0.15, 0.2) is 48.5 Å². The van der Waals surface area contributed by atoms with Crippen molar-refractivity contribution in [3.63, 3.8) is 0 Å². The van der Waals surface area contributed by atoms with Gasteiger partial charge in [-0.1, -0.05) is 41.9 Å². The van der Waals surface area contributed by atoms with E-state index in [9.17, 15) is 14.7 Å². The van der Waals surface area contributed by atoms with Gasteiger partial charge < -0.3 is 15.2 Å². The second-order valence-electron chi connectivity index (χ2n) is 5.66. The van der Waals surface area contributed by atoms with Crippen molar-refractivity contribution in [3.8, 4) is 5.75 Å². The van der Waals surface area contributed by atoms with Crippen molar-refractivity contribution in [1.29, 1.82) is 0 Å². The average molecular weight is 390 g/mol. The fourth-order valence-electron chi connectivity index (χ4n) is 2.59. The Balaban J connectivity index is 1.84. The van der Waals surface area contributed by atoms with E-state index < -0.39 is 17.9 Å². The predicted molar refractivity (Wildman–Crippen MR) is 102 cm³/mol. The van der Waals surface area contributed by atoms with Gasteiger partial charge in [-0.15, -0.1) is 11.3 Å². The van der Waals surface area contributed by atoms with Crippen molar-refractivity contribution < 1.29 is 19.4 Å². The Kier molecular flexibility index (Phi) is 5.44. The highest BCUT2D eigenvalue weighted by molar-refractivity contribution is 7.21. The number of hydrogen-bond acceptors (Lipinski definition) is 4. The number of fused-ring (bicyclic) bond motifs is 1. The summed E-state index contributed by atoms with van der Waals surface area (Å²) >= 11 is 7.54. The number of carboxylic acid groups (broad SMARTS) is 1. The number of nitrogens with one attached hydrogen (secondary N) is 1. The summed E-state index contributed by atoms with van der Waals surface area (Å²) in [5.74, 6) is -0.936. The average Bonchev–Trinajstić information content (AvgIpc) is 2.98. The Bertz CT molecular complexity index is 955.